The number of pyridine rings is 1. The molecule has 1 saturated heterocycles. The summed E-state index contributed by atoms with van der Waals surface area (Å²) in [6, 6.07) is 6.85. The van der Waals surface area contributed by atoms with Crippen molar-refractivity contribution in [1.82, 2.24) is 9.88 Å². The Kier molecular flexibility index (Phi) is 9.32. The van der Waals surface area contributed by atoms with E-state index >= 15 is 0 Å². The lowest BCUT2D eigenvalue weighted by atomic mass is 10.1. The second-order valence-corrected chi connectivity index (χ2v) is 9.94. The Hall–Kier alpha value is -3.44. The van der Waals surface area contributed by atoms with Crippen LogP contribution in [0, 0.1) is 17.7 Å². The number of carbonyl (C=O) groups is 1. The molecule has 2 aromatic carbocycles. The molecule has 1 aromatic heterocycles. The Balaban J connectivity index is 1.44. The Bertz CT molecular complexity index is 1430. The number of carbonyl (C=O) groups excluding carboxylic acids is 1. The molecule has 0 atom stereocenters. The van der Waals surface area contributed by atoms with Crippen LogP contribution >= 0.6 is 22.6 Å². The van der Waals surface area contributed by atoms with Gasteiger partial charge in [-0.3, -0.25) is 0 Å². The third-order valence-corrected chi connectivity index (χ3v) is 7.24. The summed E-state index contributed by atoms with van der Waals surface area (Å²) in [5, 5.41) is 4.86. The van der Waals surface area contributed by atoms with Crippen LogP contribution in [0.4, 0.5) is 61.4 Å². The van der Waals surface area contributed by atoms with Gasteiger partial charge in [0.2, 0.25) is 11.8 Å². The van der Waals surface area contributed by atoms with Crippen molar-refractivity contribution >= 4 is 45.7 Å². The molecule has 0 saturated carbocycles. The van der Waals surface area contributed by atoms with Gasteiger partial charge in [-0.25, -0.2) is 4.79 Å². The third kappa shape index (κ3) is 7.12. The lowest BCUT2D eigenvalue weighted by molar-refractivity contribution is -0.143. The number of aromatic nitrogens is 1. The molecule has 2 N–H and O–H groups in total. The highest BCUT2D eigenvalue weighted by Gasteiger charge is 2.37. The van der Waals surface area contributed by atoms with Gasteiger partial charge in [-0.05, 0) is 29.8 Å². The molecule has 0 spiro atoms. The number of hydrogen-bond donors (Lipinski definition) is 2. The second kappa shape index (κ2) is 12.4. The minimum atomic E-state index is -5.06. The monoisotopic (exact) mass is 717 g/mol. The first kappa shape index (κ1) is 31.5. The molecule has 0 radical (unpaired) electrons. The van der Waals surface area contributed by atoms with Gasteiger partial charge in [0.05, 0.1) is 16.8 Å². The average molecular weight is 717 g/mol. The molecule has 1 aliphatic heterocycles. The summed E-state index contributed by atoms with van der Waals surface area (Å²) in [4.78, 5) is 18.8. The van der Waals surface area contributed by atoms with E-state index in [1.807, 2.05) is 4.90 Å². The van der Waals surface area contributed by atoms with Crippen LogP contribution in [0.25, 0.3) is 0 Å². The summed E-state index contributed by atoms with van der Waals surface area (Å²) in [5.41, 5.74) is -2.93. The van der Waals surface area contributed by atoms with Gasteiger partial charge in [0, 0.05) is 54.1 Å². The van der Waals surface area contributed by atoms with Crippen molar-refractivity contribution in [2.75, 3.05) is 41.7 Å². The van der Waals surface area contributed by atoms with Crippen molar-refractivity contribution in [3.63, 3.8) is 0 Å². The molecule has 226 valence electrons. The zero-order chi connectivity index (χ0) is 30.8. The van der Waals surface area contributed by atoms with E-state index in [9.17, 15) is 44.3 Å². The second-order valence-electron chi connectivity index (χ2n) is 9.18. The number of piperazine rings is 1. The van der Waals surface area contributed by atoms with E-state index in [1.165, 1.54) is 4.90 Å². The third-order valence-electron chi connectivity index (χ3n) is 6.48. The van der Waals surface area contributed by atoms with Crippen molar-refractivity contribution in [1.29, 1.82) is 0 Å². The summed E-state index contributed by atoms with van der Waals surface area (Å²) in [5.74, 6) is -4.03. The SMILES string of the molecule is O=C(Nc1cc(C(F)(F)F)cc(C(F)(F)F)c1)N1CCN(c2ccccc2CNc2c(F)c(F)nc(F)c2CI)CC1. The molecule has 2 heterocycles. The molecular formula is C26H21F9IN5O. The van der Waals surface area contributed by atoms with Gasteiger partial charge in [-0.15, -0.1) is 0 Å². The van der Waals surface area contributed by atoms with Crippen LogP contribution in [0.1, 0.15) is 22.3 Å². The predicted octanol–water partition coefficient (Wildman–Crippen LogP) is 7.44. The molecule has 0 bridgehead atoms. The summed E-state index contributed by atoms with van der Waals surface area (Å²) >= 11 is 1.80. The van der Waals surface area contributed by atoms with Gasteiger partial charge in [-0.2, -0.15) is 44.5 Å². The lowest BCUT2D eigenvalue weighted by Crippen LogP contribution is -2.50. The van der Waals surface area contributed by atoms with Crippen molar-refractivity contribution in [3.05, 3.63) is 82.4 Å². The zero-order valence-electron chi connectivity index (χ0n) is 21.3. The van der Waals surface area contributed by atoms with E-state index in [2.05, 4.69) is 15.6 Å². The number of hydrogen-bond acceptors (Lipinski definition) is 4. The zero-order valence-corrected chi connectivity index (χ0v) is 23.5. The van der Waals surface area contributed by atoms with E-state index in [-0.39, 0.29) is 54.5 Å². The van der Waals surface area contributed by atoms with Gasteiger partial charge in [0.25, 0.3) is 5.95 Å². The predicted molar refractivity (Wildman–Crippen MR) is 145 cm³/mol. The van der Waals surface area contributed by atoms with Crippen molar-refractivity contribution in [3.8, 4) is 0 Å². The van der Waals surface area contributed by atoms with Crippen molar-refractivity contribution in [2.45, 2.75) is 23.3 Å². The van der Waals surface area contributed by atoms with Crippen molar-refractivity contribution < 1.29 is 44.3 Å². The normalized spacial score (nSPS) is 14.2. The van der Waals surface area contributed by atoms with E-state index in [0.29, 0.717) is 23.4 Å². The summed E-state index contributed by atoms with van der Waals surface area (Å²) in [7, 11) is 0. The molecule has 42 heavy (non-hydrogen) atoms. The number of amides is 2. The topological polar surface area (TPSA) is 60.5 Å². The maximum atomic E-state index is 14.4. The lowest BCUT2D eigenvalue weighted by Gasteiger charge is -2.37. The smallest absolute Gasteiger partial charge is 0.378 e. The number of anilines is 3. The number of urea groups is 1. The molecule has 6 nitrogen and oxygen atoms in total. The van der Waals surface area contributed by atoms with Crippen LogP contribution in [-0.4, -0.2) is 42.1 Å². The number of rotatable bonds is 6. The van der Waals surface area contributed by atoms with Crippen molar-refractivity contribution in [2.24, 2.45) is 0 Å². The van der Waals surface area contributed by atoms with Crippen LogP contribution in [0.15, 0.2) is 42.5 Å². The van der Waals surface area contributed by atoms with E-state index in [1.54, 1.807) is 46.9 Å². The van der Waals surface area contributed by atoms with Gasteiger partial charge in [0.15, 0.2) is 0 Å². The van der Waals surface area contributed by atoms with Crippen LogP contribution in [0.5, 0.6) is 0 Å². The quantitative estimate of drug-likeness (QED) is 0.121. The number of halogens is 10. The Labute approximate surface area is 247 Å². The summed E-state index contributed by atoms with van der Waals surface area (Å²) in [6.45, 7) is 0.622. The average Bonchev–Trinajstić information content (AvgIpc) is 2.93. The standard InChI is InChI=1S/C26H21F9IN5O/c27-20-21(18(12-36)22(28)39-23(20)29)37-13-14-3-1-2-4-19(14)40-5-7-41(8-6-40)24(42)38-17-10-15(25(30,31)32)9-16(11-17)26(33,34)35/h1-4,9-11H,5-8,12-13H2,(H,37,39)(H,38,42). The molecule has 4 rings (SSSR count). The molecule has 3 aromatic rings. The maximum absolute atomic E-state index is 14.4. The molecule has 2 amide bonds. The van der Waals surface area contributed by atoms with Gasteiger partial charge in [0.1, 0.15) is 0 Å². The summed E-state index contributed by atoms with van der Waals surface area (Å²) < 4.78 is 121. The van der Waals surface area contributed by atoms with E-state index < -0.39 is 52.9 Å². The fourth-order valence-corrected chi connectivity index (χ4v) is 5.08. The van der Waals surface area contributed by atoms with Crippen LogP contribution < -0.4 is 15.5 Å². The number of nitrogens with zero attached hydrogens (tertiary/aromatic N) is 3. The number of nitrogens with one attached hydrogen (secondary N) is 2. The Morgan fingerprint density at radius 3 is 2.05 bits per heavy atom. The van der Waals surface area contributed by atoms with E-state index in [4.69, 9.17) is 0 Å². The Morgan fingerprint density at radius 2 is 1.48 bits per heavy atom. The number of para-hydroxylation sites is 1. The highest BCUT2D eigenvalue weighted by Crippen LogP contribution is 2.37. The van der Waals surface area contributed by atoms with Gasteiger partial charge in [-0.1, -0.05) is 40.8 Å². The highest BCUT2D eigenvalue weighted by atomic mass is 127. The molecular weight excluding hydrogens is 696 g/mol. The first-order chi connectivity index (χ1) is 19.7. The van der Waals surface area contributed by atoms with E-state index in [0.717, 1.165) is 0 Å². The largest absolute Gasteiger partial charge is 0.416 e. The molecule has 0 unspecified atom stereocenters. The first-order valence-corrected chi connectivity index (χ1v) is 13.7. The number of alkyl halides is 7. The number of benzene rings is 2. The summed E-state index contributed by atoms with van der Waals surface area (Å²) in [6.07, 6.45) is -10.1. The van der Waals surface area contributed by atoms with Gasteiger partial charge >= 0.3 is 18.4 Å². The van der Waals surface area contributed by atoms with Crippen LogP contribution in [0.2, 0.25) is 0 Å². The van der Waals surface area contributed by atoms with Crippen LogP contribution in [-0.2, 0) is 23.3 Å². The molecule has 1 fully saturated rings. The molecule has 1 aliphatic rings. The fourth-order valence-electron chi connectivity index (χ4n) is 4.38. The fraction of sp³-hybridized carbons (Fsp3) is 0.308. The molecule has 16 heteroatoms. The highest BCUT2D eigenvalue weighted by molar-refractivity contribution is 14.1. The van der Waals surface area contributed by atoms with Crippen LogP contribution in [0.3, 0.4) is 0 Å². The maximum Gasteiger partial charge on any atom is 0.416 e. The minimum Gasteiger partial charge on any atom is -0.378 e. The first-order valence-electron chi connectivity index (χ1n) is 12.2. The Morgan fingerprint density at radius 1 is 0.881 bits per heavy atom. The van der Waals surface area contributed by atoms with Gasteiger partial charge < -0.3 is 20.4 Å². The molecule has 0 aliphatic carbocycles. The minimum absolute atomic E-state index is 0.0165.